The van der Waals surface area contributed by atoms with Gasteiger partial charge in [0.15, 0.2) is 0 Å². The highest BCUT2D eigenvalue weighted by molar-refractivity contribution is 5.24. The number of ether oxygens (including phenoxy) is 1. The Balaban J connectivity index is 1.51. The molecule has 1 heterocycles. The molecular formula is C24H42N2O. The summed E-state index contributed by atoms with van der Waals surface area (Å²) in [6.07, 6.45) is 4.96. The molecule has 1 saturated heterocycles. The molecule has 0 bridgehead atoms. The standard InChI is InChI=1S/C24H42N2O/c1-21(2)8-7-19-27-18-6-5-13-25-14-16-26(17-15-25)20-23-9-11-24(12-10-23)22(3)4/h9-12,21-22H,5-8,13-20H2,1-4H3. The van der Waals surface area contributed by atoms with Gasteiger partial charge in [-0.3, -0.25) is 4.90 Å². The van der Waals surface area contributed by atoms with E-state index in [0.29, 0.717) is 5.92 Å². The lowest BCUT2D eigenvalue weighted by Gasteiger charge is -2.34. The molecule has 0 saturated carbocycles. The molecule has 0 N–H and O–H groups in total. The zero-order valence-corrected chi connectivity index (χ0v) is 18.3. The lowest BCUT2D eigenvalue weighted by atomic mass is 10.0. The van der Waals surface area contributed by atoms with Crippen LogP contribution in [0.3, 0.4) is 0 Å². The first-order valence-electron chi connectivity index (χ1n) is 11.2. The predicted molar refractivity (Wildman–Crippen MR) is 116 cm³/mol. The van der Waals surface area contributed by atoms with Crippen molar-refractivity contribution in [3.05, 3.63) is 35.4 Å². The highest BCUT2D eigenvalue weighted by Gasteiger charge is 2.16. The molecule has 0 aliphatic carbocycles. The van der Waals surface area contributed by atoms with Gasteiger partial charge in [-0.25, -0.2) is 0 Å². The Kier molecular flexibility index (Phi) is 10.4. The van der Waals surface area contributed by atoms with Gasteiger partial charge in [-0.15, -0.1) is 0 Å². The largest absolute Gasteiger partial charge is 0.381 e. The summed E-state index contributed by atoms with van der Waals surface area (Å²) in [5.74, 6) is 1.42. The summed E-state index contributed by atoms with van der Waals surface area (Å²) < 4.78 is 5.75. The van der Waals surface area contributed by atoms with E-state index in [0.717, 1.165) is 25.7 Å². The van der Waals surface area contributed by atoms with Crippen LogP contribution >= 0.6 is 0 Å². The summed E-state index contributed by atoms with van der Waals surface area (Å²) in [7, 11) is 0. The van der Waals surface area contributed by atoms with Gasteiger partial charge in [0.05, 0.1) is 0 Å². The zero-order chi connectivity index (χ0) is 19.5. The minimum Gasteiger partial charge on any atom is -0.381 e. The Bertz CT molecular complexity index is 490. The monoisotopic (exact) mass is 374 g/mol. The normalized spacial score (nSPS) is 16.5. The Labute approximate surface area is 168 Å². The number of hydrogen-bond donors (Lipinski definition) is 0. The molecule has 1 aliphatic heterocycles. The van der Waals surface area contributed by atoms with Crippen LogP contribution in [0, 0.1) is 5.92 Å². The Morgan fingerprint density at radius 2 is 1.44 bits per heavy atom. The van der Waals surface area contributed by atoms with Crippen LogP contribution in [0.25, 0.3) is 0 Å². The maximum atomic E-state index is 5.75. The van der Waals surface area contributed by atoms with Crippen molar-refractivity contribution in [3.63, 3.8) is 0 Å². The number of hydrogen-bond acceptors (Lipinski definition) is 3. The van der Waals surface area contributed by atoms with Crippen LogP contribution in [0.2, 0.25) is 0 Å². The second kappa shape index (κ2) is 12.5. The minimum atomic E-state index is 0.619. The number of unbranched alkanes of at least 4 members (excludes halogenated alkanes) is 1. The van der Waals surface area contributed by atoms with Crippen molar-refractivity contribution in [2.24, 2.45) is 5.92 Å². The van der Waals surface area contributed by atoms with Crippen molar-refractivity contribution in [2.45, 2.75) is 65.8 Å². The SMILES string of the molecule is CC(C)CCCOCCCCN1CCN(Cc2ccc(C(C)C)cc2)CC1. The van der Waals surface area contributed by atoms with Crippen LogP contribution < -0.4 is 0 Å². The molecule has 0 spiro atoms. The van der Waals surface area contributed by atoms with E-state index in [-0.39, 0.29) is 0 Å². The maximum absolute atomic E-state index is 5.75. The molecule has 3 nitrogen and oxygen atoms in total. The highest BCUT2D eigenvalue weighted by Crippen LogP contribution is 2.16. The molecule has 0 atom stereocenters. The van der Waals surface area contributed by atoms with E-state index < -0.39 is 0 Å². The van der Waals surface area contributed by atoms with Crippen molar-refractivity contribution in [3.8, 4) is 0 Å². The zero-order valence-electron chi connectivity index (χ0n) is 18.3. The van der Waals surface area contributed by atoms with E-state index in [9.17, 15) is 0 Å². The second-order valence-corrected chi connectivity index (χ2v) is 8.87. The number of nitrogens with zero attached hydrogens (tertiary/aromatic N) is 2. The third kappa shape index (κ3) is 9.23. The number of piperazine rings is 1. The van der Waals surface area contributed by atoms with Crippen molar-refractivity contribution < 1.29 is 4.74 Å². The molecule has 1 aromatic rings. The fraction of sp³-hybridized carbons (Fsp3) is 0.750. The lowest BCUT2D eigenvalue weighted by Crippen LogP contribution is -2.46. The van der Waals surface area contributed by atoms with E-state index in [1.807, 2.05) is 0 Å². The average Bonchev–Trinajstić information content (AvgIpc) is 2.65. The number of benzene rings is 1. The molecule has 1 fully saturated rings. The van der Waals surface area contributed by atoms with Crippen LogP contribution in [0.5, 0.6) is 0 Å². The van der Waals surface area contributed by atoms with Gasteiger partial charge >= 0.3 is 0 Å². The van der Waals surface area contributed by atoms with Crippen LogP contribution in [0.4, 0.5) is 0 Å². The summed E-state index contributed by atoms with van der Waals surface area (Å²) >= 11 is 0. The van der Waals surface area contributed by atoms with Gasteiger partial charge in [-0.2, -0.15) is 0 Å². The quantitative estimate of drug-likeness (QED) is 0.470. The first-order valence-corrected chi connectivity index (χ1v) is 11.2. The molecule has 1 aliphatic rings. The fourth-order valence-electron chi connectivity index (χ4n) is 3.67. The van der Waals surface area contributed by atoms with Crippen LogP contribution in [-0.2, 0) is 11.3 Å². The van der Waals surface area contributed by atoms with Gasteiger partial charge < -0.3 is 9.64 Å². The van der Waals surface area contributed by atoms with Gasteiger partial charge in [-0.05, 0) is 55.2 Å². The third-order valence-corrected chi connectivity index (χ3v) is 5.60. The van der Waals surface area contributed by atoms with Gasteiger partial charge in [0.1, 0.15) is 0 Å². The molecule has 3 heteroatoms. The maximum Gasteiger partial charge on any atom is 0.0466 e. The molecule has 0 unspecified atom stereocenters. The van der Waals surface area contributed by atoms with Gasteiger partial charge in [0.25, 0.3) is 0 Å². The topological polar surface area (TPSA) is 15.7 Å². The fourth-order valence-corrected chi connectivity index (χ4v) is 3.67. The van der Waals surface area contributed by atoms with E-state index >= 15 is 0 Å². The Morgan fingerprint density at radius 1 is 0.815 bits per heavy atom. The predicted octanol–water partition coefficient (Wildman–Crippen LogP) is 5.16. The van der Waals surface area contributed by atoms with Crippen LogP contribution in [0.15, 0.2) is 24.3 Å². The molecule has 0 amide bonds. The molecule has 27 heavy (non-hydrogen) atoms. The summed E-state index contributed by atoms with van der Waals surface area (Å²) in [5, 5.41) is 0. The smallest absolute Gasteiger partial charge is 0.0466 e. The van der Waals surface area contributed by atoms with E-state index in [1.54, 1.807) is 0 Å². The average molecular weight is 375 g/mol. The summed E-state index contributed by atoms with van der Waals surface area (Å²) in [4.78, 5) is 5.22. The molecule has 0 radical (unpaired) electrons. The minimum absolute atomic E-state index is 0.619. The molecule has 2 rings (SSSR count). The van der Waals surface area contributed by atoms with E-state index in [2.05, 4.69) is 61.8 Å². The second-order valence-electron chi connectivity index (χ2n) is 8.87. The van der Waals surface area contributed by atoms with E-state index in [4.69, 9.17) is 4.74 Å². The van der Waals surface area contributed by atoms with Crippen LogP contribution in [0.1, 0.15) is 70.4 Å². The van der Waals surface area contributed by atoms with Gasteiger partial charge in [0.2, 0.25) is 0 Å². The lowest BCUT2D eigenvalue weighted by molar-refractivity contribution is 0.107. The number of rotatable bonds is 12. The van der Waals surface area contributed by atoms with Crippen molar-refractivity contribution >= 4 is 0 Å². The molecule has 154 valence electrons. The van der Waals surface area contributed by atoms with Crippen molar-refractivity contribution in [1.29, 1.82) is 0 Å². The summed E-state index contributed by atoms with van der Waals surface area (Å²) in [6.45, 7) is 18.1. The molecule has 1 aromatic carbocycles. The molecule has 0 aromatic heterocycles. The highest BCUT2D eigenvalue weighted by atomic mass is 16.5. The van der Waals surface area contributed by atoms with Crippen molar-refractivity contribution in [1.82, 2.24) is 9.80 Å². The first-order chi connectivity index (χ1) is 13.0. The van der Waals surface area contributed by atoms with Crippen molar-refractivity contribution in [2.75, 3.05) is 45.9 Å². The third-order valence-electron chi connectivity index (χ3n) is 5.60. The van der Waals surface area contributed by atoms with E-state index in [1.165, 1.54) is 69.5 Å². The summed E-state index contributed by atoms with van der Waals surface area (Å²) in [5.41, 5.74) is 2.88. The van der Waals surface area contributed by atoms with Crippen LogP contribution in [-0.4, -0.2) is 55.7 Å². The first kappa shape index (κ1) is 22.4. The van der Waals surface area contributed by atoms with Gasteiger partial charge in [0, 0.05) is 45.9 Å². The Morgan fingerprint density at radius 3 is 2.07 bits per heavy atom. The van der Waals surface area contributed by atoms with Gasteiger partial charge in [-0.1, -0.05) is 52.0 Å². The Hall–Kier alpha value is -0.900. The summed E-state index contributed by atoms with van der Waals surface area (Å²) in [6, 6.07) is 9.20. The molecular weight excluding hydrogens is 332 g/mol.